The van der Waals surface area contributed by atoms with Crippen molar-refractivity contribution in [2.24, 2.45) is 17.3 Å². The number of hydrogen-bond donors (Lipinski definition) is 1. The van der Waals surface area contributed by atoms with E-state index in [0.29, 0.717) is 12.8 Å². The maximum absolute atomic E-state index is 11.4. The van der Waals surface area contributed by atoms with E-state index in [1.807, 2.05) is 6.92 Å². The van der Waals surface area contributed by atoms with Gasteiger partial charge in [0.25, 0.3) is 0 Å². The van der Waals surface area contributed by atoms with E-state index in [-0.39, 0.29) is 23.0 Å². The van der Waals surface area contributed by atoms with Gasteiger partial charge >= 0.3 is 5.97 Å². The Bertz CT molecular complexity index is 271. The zero-order valence-electron chi connectivity index (χ0n) is 7.75. The van der Waals surface area contributed by atoms with Gasteiger partial charge in [-0.1, -0.05) is 6.92 Å². The lowest BCUT2D eigenvalue weighted by atomic mass is 9.55. The molecule has 0 heterocycles. The Morgan fingerprint density at radius 2 is 2.31 bits per heavy atom. The van der Waals surface area contributed by atoms with Crippen LogP contribution in [0, 0.1) is 17.3 Å². The van der Waals surface area contributed by atoms with Crippen molar-refractivity contribution in [1.29, 1.82) is 0 Å². The van der Waals surface area contributed by atoms with Gasteiger partial charge in [0.1, 0.15) is 5.78 Å². The molecule has 2 bridgehead atoms. The molecule has 3 heteroatoms. The first-order valence-electron chi connectivity index (χ1n) is 4.78. The molecule has 72 valence electrons. The van der Waals surface area contributed by atoms with Crippen molar-refractivity contribution in [1.82, 2.24) is 0 Å². The zero-order valence-corrected chi connectivity index (χ0v) is 7.75. The topological polar surface area (TPSA) is 54.4 Å². The Morgan fingerprint density at radius 3 is 2.77 bits per heavy atom. The van der Waals surface area contributed by atoms with Crippen molar-refractivity contribution in [3.63, 3.8) is 0 Å². The van der Waals surface area contributed by atoms with Crippen molar-refractivity contribution >= 4 is 11.8 Å². The maximum Gasteiger partial charge on any atom is 0.307 e. The van der Waals surface area contributed by atoms with Gasteiger partial charge in [-0.25, -0.2) is 0 Å². The fourth-order valence-electron chi connectivity index (χ4n) is 2.81. The molecule has 0 saturated heterocycles. The number of rotatable bonds is 1. The molecule has 1 N–H and O–H groups in total. The predicted molar refractivity (Wildman–Crippen MR) is 46.2 cm³/mol. The number of fused-ring (bicyclic) bond motifs is 3. The second-order valence-corrected chi connectivity index (χ2v) is 4.66. The summed E-state index contributed by atoms with van der Waals surface area (Å²) in [5, 5.41) is 9.00. The Labute approximate surface area is 77.1 Å². The molecule has 0 spiro atoms. The van der Waals surface area contributed by atoms with E-state index in [4.69, 9.17) is 5.11 Å². The molecule has 0 aromatic rings. The summed E-state index contributed by atoms with van der Waals surface area (Å²) in [7, 11) is 0. The molecule has 0 amide bonds. The molecule has 0 radical (unpaired) electrons. The van der Waals surface area contributed by atoms with Crippen molar-refractivity contribution in [3.8, 4) is 0 Å². The maximum atomic E-state index is 11.4. The molecule has 0 aliphatic heterocycles. The normalized spacial score (nSPS) is 43.6. The Kier molecular flexibility index (Phi) is 1.72. The summed E-state index contributed by atoms with van der Waals surface area (Å²) in [5.41, 5.74) is -0.252. The molecule has 0 aromatic heterocycles. The largest absolute Gasteiger partial charge is 0.481 e. The SMILES string of the molecule is CC12CCC(CC1C(=O)O)C(=O)C2. The summed E-state index contributed by atoms with van der Waals surface area (Å²) < 4.78 is 0. The fourth-order valence-corrected chi connectivity index (χ4v) is 2.81. The second-order valence-electron chi connectivity index (χ2n) is 4.66. The van der Waals surface area contributed by atoms with Crippen molar-refractivity contribution < 1.29 is 14.7 Å². The number of carboxylic acid groups (broad SMARTS) is 1. The number of Topliss-reactive ketones (excluding diaryl/α,β-unsaturated/α-hetero) is 1. The van der Waals surface area contributed by atoms with Gasteiger partial charge in [0, 0.05) is 12.3 Å². The van der Waals surface area contributed by atoms with Crippen molar-refractivity contribution in [2.45, 2.75) is 32.6 Å². The lowest BCUT2D eigenvalue weighted by Crippen LogP contribution is -2.48. The van der Waals surface area contributed by atoms with Crippen molar-refractivity contribution in [2.75, 3.05) is 0 Å². The van der Waals surface area contributed by atoms with Gasteiger partial charge in [0.2, 0.25) is 0 Å². The van der Waals surface area contributed by atoms with E-state index in [0.717, 1.165) is 12.8 Å². The number of carbonyl (C=O) groups excluding carboxylic acids is 1. The smallest absolute Gasteiger partial charge is 0.307 e. The molecule has 3 fully saturated rings. The van der Waals surface area contributed by atoms with E-state index in [1.165, 1.54) is 0 Å². The van der Waals surface area contributed by atoms with E-state index >= 15 is 0 Å². The number of carbonyl (C=O) groups is 2. The van der Waals surface area contributed by atoms with Crippen LogP contribution in [-0.2, 0) is 9.59 Å². The van der Waals surface area contributed by atoms with Crippen LogP contribution >= 0.6 is 0 Å². The first kappa shape index (κ1) is 8.73. The van der Waals surface area contributed by atoms with E-state index < -0.39 is 5.97 Å². The second kappa shape index (κ2) is 2.56. The molecule has 3 saturated carbocycles. The minimum atomic E-state index is -0.722. The first-order valence-corrected chi connectivity index (χ1v) is 4.78. The molecule has 3 aliphatic rings. The highest BCUT2D eigenvalue weighted by Crippen LogP contribution is 2.51. The van der Waals surface area contributed by atoms with Crippen LogP contribution in [0.1, 0.15) is 32.6 Å². The van der Waals surface area contributed by atoms with Crippen LogP contribution in [0.3, 0.4) is 0 Å². The molecule has 3 aliphatic carbocycles. The fraction of sp³-hybridized carbons (Fsp3) is 0.800. The predicted octanol–water partition coefficient (Wildman–Crippen LogP) is 1.47. The van der Waals surface area contributed by atoms with Crippen LogP contribution in [0.2, 0.25) is 0 Å². The summed E-state index contributed by atoms with van der Waals surface area (Å²) in [6.45, 7) is 1.94. The summed E-state index contributed by atoms with van der Waals surface area (Å²) in [6, 6.07) is 0. The molecule has 13 heavy (non-hydrogen) atoms. The highest BCUT2D eigenvalue weighted by Gasteiger charge is 2.51. The highest BCUT2D eigenvalue weighted by molar-refractivity contribution is 5.86. The van der Waals surface area contributed by atoms with E-state index in [9.17, 15) is 9.59 Å². The first-order chi connectivity index (χ1) is 6.03. The van der Waals surface area contributed by atoms with Gasteiger partial charge < -0.3 is 5.11 Å². The third-order valence-corrected chi connectivity index (χ3v) is 3.76. The monoisotopic (exact) mass is 182 g/mol. The molecule has 3 atom stereocenters. The minimum Gasteiger partial charge on any atom is -0.481 e. The Morgan fingerprint density at radius 1 is 1.62 bits per heavy atom. The zero-order chi connectivity index (χ0) is 9.64. The van der Waals surface area contributed by atoms with Gasteiger partial charge in [0.05, 0.1) is 5.92 Å². The Balaban J connectivity index is 2.28. The number of aliphatic carboxylic acids is 1. The average Bonchev–Trinajstić information content (AvgIpc) is 2.02. The number of carboxylic acids is 1. The average molecular weight is 182 g/mol. The van der Waals surface area contributed by atoms with Crippen LogP contribution in [0.4, 0.5) is 0 Å². The van der Waals surface area contributed by atoms with Crippen LogP contribution in [0.25, 0.3) is 0 Å². The third-order valence-electron chi connectivity index (χ3n) is 3.76. The molecular weight excluding hydrogens is 168 g/mol. The van der Waals surface area contributed by atoms with Gasteiger partial charge in [-0.15, -0.1) is 0 Å². The molecule has 3 nitrogen and oxygen atoms in total. The van der Waals surface area contributed by atoms with E-state index in [2.05, 4.69) is 0 Å². The summed E-state index contributed by atoms with van der Waals surface area (Å²) in [6.07, 6.45) is 2.86. The molecule has 3 unspecified atom stereocenters. The standard InChI is InChI=1S/C10H14O3/c1-10-3-2-6(8(11)5-10)4-7(10)9(12)13/h6-7H,2-5H2,1H3,(H,12,13). The number of ketones is 1. The lowest BCUT2D eigenvalue weighted by molar-refractivity contribution is -0.157. The van der Waals surface area contributed by atoms with Crippen LogP contribution in [0.5, 0.6) is 0 Å². The van der Waals surface area contributed by atoms with Gasteiger partial charge in [-0.3, -0.25) is 9.59 Å². The van der Waals surface area contributed by atoms with E-state index in [1.54, 1.807) is 0 Å². The minimum absolute atomic E-state index is 0.0444. The highest BCUT2D eigenvalue weighted by atomic mass is 16.4. The molecule has 0 aromatic carbocycles. The van der Waals surface area contributed by atoms with Crippen LogP contribution < -0.4 is 0 Å². The van der Waals surface area contributed by atoms with Gasteiger partial charge in [-0.05, 0) is 24.7 Å². The summed E-state index contributed by atoms with van der Waals surface area (Å²) >= 11 is 0. The lowest BCUT2D eigenvalue weighted by Gasteiger charge is -2.47. The van der Waals surface area contributed by atoms with Gasteiger partial charge in [-0.2, -0.15) is 0 Å². The van der Waals surface area contributed by atoms with Crippen LogP contribution in [-0.4, -0.2) is 16.9 Å². The Hall–Kier alpha value is -0.860. The molecule has 3 rings (SSSR count). The van der Waals surface area contributed by atoms with Gasteiger partial charge in [0.15, 0.2) is 0 Å². The molecular formula is C10H14O3. The quantitative estimate of drug-likeness (QED) is 0.668. The summed E-state index contributed by atoms with van der Waals surface area (Å²) in [5.74, 6) is -0.683. The number of hydrogen-bond acceptors (Lipinski definition) is 2. The van der Waals surface area contributed by atoms with Crippen LogP contribution in [0.15, 0.2) is 0 Å². The summed E-state index contributed by atoms with van der Waals surface area (Å²) in [4.78, 5) is 22.4. The van der Waals surface area contributed by atoms with Crippen molar-refractivity contribution in [3.05, 3.63) is 0 Å². The third kappa shape index (κ3) is 1.18.